The molecule has 3 saturated heterocycles. The third-order valence-corrected chi connectivity index (χ3v) is 6.41. The summed E-state index contributed by atoms with van der Waals surface area (Å²) in [6.07, 6.45) is 0.0340. The zero-order valence-electron chi connectivity index (χ0n) is 24.7. The van der Waals surface area contributed by atoms with Crippen molar-refractivity contribution in [1.82, 2.24) is 24.9 Å². The molecule has 0 saturated carbocycles. The van der Waals surface area contributed by atoms with E-state index in [9.17, 15) is 4.79 Å². The minimum absolute atomic E-state index is 0.0175. The standard InChI is InChI=1S/C22H30N6OS/c1-17-13-21(28(24-17)18-5-3-2-4-6-18)26-9-7-25(8-10-26)19-14-20(23-15-19)22(29)27-11-12-30-16-27/h2-6,13,19-20,23H,7-12,14-16H2,1H3/t19-,20-/m1/s1/i7D2,8D2,9D2,10D2. The van der Waals surface area contributed by atoms with Crippen LogP contribution in [0.1, 0.15) is 23.1 Å². The van der Waals surface area contributed by atoms with E-state index in [1.165, 1.54) is 10.7 Å². The van der Waals surface area contributed by atoms with Crippen LogP contribution in [0.3, 0.4) is 0 Å². The number of para-hydroxylation sites is 1. The van der Waals surface area contributed by atoms with E-state index in [0.717, 1.165) is 5.75 Å². The number of carbonyl (C=O) groups is 1. The second kappa shape index (κ2) is 8.61. The van der Waals surface area contributed by atoms with Crippen molar-refractivity contribution in [1.29, 1.82) is 0 Å². The molecule has 0 unspecified atom stereocenters. The van der Waals surface area contributed by atoms with Crippen molar-refractivity contribution in [2.75, 3.05) is 55.6 Å². The molecule has 160 valence electrons. The third-order valence-electron chi connectivity index (χ3n) is 5.44. The highest BCUT2D eigenvalue weighted by atomic mass is 32.2. The fraction of sp³-hybridized carbons (Fsp3) is 0.545. The summed E-state index contributed by atoms with van der Waals surface area (Å²) in [5.41, 5.74) is 0.924. The number of nitrogens with one attached hydrogen (secondary N) is 1. The fourth-order valence-corrected chi connectivity index (χ4v) is 4.83. The van der Waals surface area contributed by atoms with Crippen LogP contribution in [0.15, 0.2) is 36.4 Å². The summed E-state index contributed by atoms with van der Waals surface area (Å²) in [5, 5.41) is 7.42. The van der Waals surface area contributed by atoms with Gasteiger partial charge < -0.3 is 15.1 Å². The average Bonchev–Trinajstić information content (AvgIpc) is 3.60. The minimum atomic E-state index is -3.03. The van der Waals surface area contributed by atoms with Gasteiger partial charge >= 0.3 is 0 Å². The van der Waals surface area contributed by atoms with E-state index >= 15 is 0 Å². The van der Waals surface area contributed by atoms with Gasteiger partial charge in [-0.05, 0) is 25.5 Å². The summed E-state index contributed by atoms with van der Waals surface area (Å²) >= 11 is 1.63. The Hall–Kier alpha value is -2.03. The van der Waals surface area contributed by atoms with Gasteiger partial charge in [0.2, 0.25) is 5.91 Å². The highest BCUT2D eigenvalue weighted by Gasteiger charge is 2.36. The normalized spacial score (nSPS) is 35.9. The Labute approximate surface area is 193 Å². The Morgan fingerprint density at radius 1 is 1.23 bits per heavy atom. The first kappa shape index (κ1) is 12.7. The van der Waals surface area contributed by atoms with Gasteiger partial charge in [0.15, 0.2) is 0 Å². The molecule has 3 aliphatic rings. The van der Waals surface area contributed by atoms with Crippen molar-refractivity contribution < 1.29 is 15.8 Å². The van der Waals surface area contributed by atoms with Crippen LogP contribution >= 0.6 is 11.8 Å². The molecule has 3 fully saturated rings. The number of benzene rings is 1. The number of hydrogen-bond acceptors (Lipinski definition) is 6. The van der Waals surface area contributed by atoms with E-state index < -0.39 is 38.1 Å². The summed E-state index contributed by atoms with van der Waals surface area (Å²) < 4.78 is 72.6. The van der Waals surface area contributed by atoms with Gasteiger partial charge in [-0.2, -0.15) is 5.10 Å². The summed E-state index contributed by atoms with van der Waals surface area (Å²) in [5.74, 6) is 1.11. The van der Waals surface area contributed by atoms with Crippen molar-refractivity contribution in [2.24, 2.45) is 0 Å². The van der Waals surface area contributed by atoms with E-state index in [1.54, 1.807) is 53.9 Å². The highest BCUT2D eigenvalue weighted by molar-refractivity contribution is 7.99. The molecule has 1 N–H and O–H groups in total. The van der Waals surface area contributed by atoms with E-state index in [2.05, 4.69) is 10.4 Å². The molecule has 1 amide bonds. The van der Waals surface area contributed by atoms with Gasteiger partial charge in [-0.15, -0.1) is 11.8 Å². The van der Waals surface area contributed by atoms with E-state index in [-0.39, 0.29) is 24.7 Å². The molecule has 0 bridgehead atoms. The van der Waals surface area contributed by atoms with Gasteiger partial charge in [-0.25, -0.2) is 4.68 Å². The first-order chi connectivity index (χ1) is 17.7. The number of thioether (sulfide) groups is 1. The minimum Gasteiger partial charge on any atom is -0.354 e. The highest BCUT2D eigenvalue weighted by Crippen LogP contribution is 2.25. The van der Waals surface area contributed by atoms with Crippen LogP contribution in [0.4, 0.5) is 5.82 Å². The molecule has 1 aromatic heterocycles. The lowest BCUT2D eigenvalue weighted by molar-refractivity contribution is -0.131. The number of anilines is 1. The quantitative estimate of drug-likeness (QED) is 0.788. The topological polar surface area (TPSA) is 56.6 Å². The van der Waals surface area contributed by atoms with Crippen LogP contribution in [0.5, 0.6) is 0 Å². The molecule has 7 nitrogen and oxygen atoms in total. The molecule has 1 aromatic carbocycles. The van der Waals surface area contributed by atoms with Crippen molar-refractivity contribution in [3.8, 4) is 5.69 Å². The van der Waals surface area contributed by atoms with Gasteiger partial charge in [-0.1, -0.05) is 18.2 Å². The number of hydrogen-bond donors (Lipinski definition) is 1. The molecule has 0 spiro atoms. The Bertz CT molecular complexity index is 1180. The number of aromatic nitrogens is 2. The van der Waals surface area contributed by atoms with Crippen molar-refractivity contribution in [2.45, 2.75) is 25.4 Å². The molecule has 5 rings (SSSR count). The number of aryl methyl sites for hydroxylation is 1. The van der Waals surface area contributed by atoms with Crippen molar-refractivity contribution in [3.05, 3.63) is 42.1 Å². The summed E-state index contributed by atoms with van der Waals surface area (Å²) in [6.45, 7) is -9.78. The number of rotatable bonds is 4. The van der Waals surface area contributed by atoms with E-state index in [1.807, 2.05) is 0 Å². The molecule has 2 aromatic rings. The van der Waals surface area contributed by atoms with Gasteiger partial charge in [-0.3, -0.25) is 9.69 Å². The smallest absolute Gasteiger partial charge is 0.240 e. The predicted octanol–water partition coefficient (Wildman–Crippen LogP) is 1.57. The van der Waals surface area contributed by atoms with Crippen LogP contribution in [0, 0.1) is 6.92 Å². The molecule has 30 heavy (non-hydrogen) atoms. The zero-order chi connectivity index (χ0) is 27.7. The summed E-state index contributed by atoms with van der Waals surface area (Å²) in [4.78, 5) is 15.8. The Kier molecular flexibility index (Phi) is 3.65. The van der Waals surface area contributed by atoms with Gasteiger partial charge in [0.05, 0.1) is 28.8 Å². The third kappa shape index (κ3) is 3.96. The molecular formula is C22H30N6OS. The van der Waals surface area contributed by atoms with Crippen LogP contribution < -0.4 is 10.2 Å². The van der Waals surface area contributed by atoms with E-state index in [4.69, 9.17) is 11.0 Å². The van der Waals surface area contributed by atoms with E-state index in [0.29, 0.717) is 33.6 Å². The number of nitrogens with zero attached hydrogens (tertiary/aromatic N) is 5. The van der Waals surface area contributed by atoms with Gasteiger partial charge in [0, 0.05) is 62.4 Å². The number of carbonyl (C=O) groups excluding carboxylic acids is 1. The average molecular weight is 435 g/mol. The van der Waals surface area contributed by atoms with Crippen molar-refractivity contribution in [3.63, 3.8) is 0 Å². The molecule has 8 heteroatoms. The second-order valence-corrected chi connectivity index (χ2v) is 8.61. The maximum atomic E-state index is 12.9. The maximum Gasteiger partial charge on any atom is 0.240 e. The molecule has 0 radical (unpaired) electrons. The molecular weight excluding hydrogens is 396 g/mol. The largest absolute Gasteiger partial charge is 0.354 e. The molecule has 3 aliphatic heterocycles. The molecule has 2 atom stereocenters. The Morgan fingerprint density at radius 3 is 2.77 bits per heavy atom. The molecule has 0 aliphatic carbocycles. The SMILES string of the molecule is [2H]C1([2H])N(c2cc(C)nn2-c2ccccc2)C([2H])([2H])C([2H])([2H])N([C@H]2CN[C@@H](C(=O)N3CCSC3)C2)C1([2H])[2H]. The lowest BCUT2D eigenvalue weighted by atomic mass is 10.1. The fourth-order valence-electron chi connectivity index (χ4n) is 3.88. The number of amides is 1. The Balaban J connectivity index is 1.54. The first-order valence-electron chi connectivity index (χ1n) is 14.0. The first-order valence-corrected chi connectivity index (χ1v) is 11.2. The lowest BCUT2D eigenvalue weighted by Crippen LogP contribution is -2.51. The van der Waals surface area contributed by atoms with Crippen LogP contribution in [-0.2, 0) is 4.79 Å². The summed E-state index contributed by atoms with van der Waals surface area (Å²) in [6, 6.07) is 8.43. The zero-order valence-corrected chi connectivity index (χ0v) is 17.5. The van der Waals surface area contributed by atoms with Crippen LogP contribution in [-0.4, -0.2) is 88.3 Å². The van der Waals surface area contributed by atoms with Gasteiger partial charge in [0.1, 0.15) is 5.82 Å². The Morgan fingerprint density at radius 2 is 2.03 bits per heavy atom. The second-order valence-electron chi connectivity index (χ2n) is 7.53. The van der Waals surface area contributed by atoms with Gasteiger partial charge in [0.25, 0.3) is 0 Å². The molecule has 4 heterocycles. The van der Waals surface area contributed by atoms with Crippen LogP contribution in [0.2, 0.25) is 0 Å². The van der Waals surface area contributed by atoms with Crippen molar-refractivity contribution >= 4 is 23.5 Å². The predicted molar refractivity (Wildman–Crippen MR) is 121 cm³/mol. The number of piperazine rings is 1. The summed E-state index contributed by atoms with van der Waals surface area (Å²) in [7, 11) is 0. The maximum absolute atomic E-state index is 12.9. The van der Waals surface area contributed by atoms with Crippen LogP contribution in [0.25, 0.3) is 5.69 Å². The monoisotopic (exact) mass is 434 g/mol. The lowest BCUT2D eigenvalue weighted by Gasteiger charge is -2.38.